The number of benzene rings is 5. The average Bonchev–Trinajstić information content (AvgIpc) is 3.99. The molecular weight excluding hydrogens is 1010 g/mol. The number of hydrogen-bond acceptors (Lipinski definition) is 14. The highest BCUT2D eigenvalue weighted by atomic mass is 33.1. The fourth-order valence-corrected chi connectivity index (χ4v) is 13.5. The number of likely N-dealkylation sites (N-methyl/N-ethyl adjacent to an activating group) is 2. The lowest BCUT2D eigenvalue weighted by atomic mass is 10.1. The van der Waals surface area contributed by atoms with Crippen molar-refractivity contribution in [2.24, 2.45) is 0 Å². The summed E-state index contributed by atoms with van der Waals surface area (Å²) in [5, 5.41) is 3.16. The van der Waals surface area contributed by atoms with Crippen LogP contribution in [0.3, 0.4) is 0 Å². The van der Waals surface area contributed by atoms with Crippen molar-refractivity contribution >= 4 is 73.5 Å². The number of Topliss-reactive ketones (excluding diaryl/α,β-unsaturated/α-hetero) is 1. The Labute approximate surface area is 461 Å². The van der Waals surface area contributed by atoms with E-state index >= 15 is 0 Å². The lowest BCUT2D eigenvalue weighted by molar-refractivity contribution is -0.119. The van der Waals surface area contributed by atoms with E-state index in [1.54, 1.807) is 47.9 Å². The Morgan fingerprint density at radius 2 is 1.19 bits per heavy atom. The highest BCUT2D eigenvalue weighted by Gasteiger charge is 2.41. The number of anilines is 5. The summed E-state index contributed by atoms with van der Waals surface area (Å²) in [6.07, 6.45) is 6.16. The van der Waals surface area contributed by atoms with Gasteiger partial charge in [-0.1, -0.05) is 64.9 Å². The first-order valence-electron chi connectivity index (χ1n) is 26.8. The molecule has 0 aliphatic carbocycles. The molecule has 17 heteroatoms. The number of carbonyl (C=O) groups is 4. The number of nitrogens with one attached hydrogen (secondary N) is 2. The normalized spacial score (nSPS) is 16.4. The van der Waals surface area contributed by atoms with Crippen LogP contribution in [0.1, 0.15) is 109 Å². The van der Waals surface area contributed by atoms with Crippen LogP contribution in [-0.2, 0) is 40.5 Å². The molecule has 4 aliphatic heterocycles. The fraction of sp³-hybridized carbons (Fsp3) is 0.433. The van der Waals surface area contributed by atoms with Crippen LogP contribution in [0.5, 0.6) is 23.0 Å². The maximum absolute atomic E-state index is 14.3. The van der Waals surface area contributed by atoms with Crippen LogP contribution in [0.15, 0.2) is 91.0 Å². The molecule has 0 fully saturated rings. The van der Waals surface area contributed by atoms with Gasteiger partial charge in [0.15, 0.2) is 23.0 Å². The van der Waals surface area contributed by atoms with E-state index in [1.807, 2.05) is 97.5 Å². The molecule has 0 unspecified atom stereocenters. The SMILES string of the molecule is CCNOCCCCC(=O)CCCSSC(C)(C)CCC(=O)Nc1cc(COc2cc3c(cc2OC)C(=O)N2c4ccccc4C[C@H]2CN3C)cc(COc2cc3c(cc2OC)C(=O)N2c4ccccc4C[C@H]2CN3C)c1. The smallest absolute Gasteiger partial charge is 0.260 e. The lowest BCUT2D eigenvalue weighted by Gasteiger charge is -2.25. The van der Waals surface area contributed by atoms with Crippen LogP contribution >= 0.6 is 21.6 Å². The van der Waals surface area contributed by atoms with Crippen molar-refractivity contribution < 1.29 is 43.0 Å². The van der Waals surface area contributed by atoms with Crippen LogP contribution < -0.4 is 49.3 Å². The molecule has 3 amide bonds. The Morgan fingerprint density at radius 3 is 1.73 bits per heavy atom. The highest BCUT2D eigenvalue weighted by Crippen LogP contribution is 2.45. The van der Waals surface area contributed by atoms with Gasteiger partial charge >= 0.3 is 0 Å². The van der Waals surface area contributed by atoms with E-state index in [2.05, 4.69) is 46.6 Å². The van der Waals surface area contributed by atoms with E-state index in [-0.39, 0.29) is 47.8 Å². The van der Waals surface area contributed by atoms with Crippen molar-refractivity contribution in [1.82, 2.24) is 5.48 Å². The third-order valence-electron chi connectivity index (χ3n) is 14.6. The van der Waals surface area contributed by atoms with E-state index in [9.17, 15) is 19.2 Å². The van der Waals surface area contributed by atoms with Crippen molar-refractivity contribution in [1.29, 1.82) is 0 Å². The number of hydrogen-bond donors (Lipinski definition) is 2. The van der Waals surface area contributed by atoms with Gasteiger partial charge in [0.05, 0.1) is 55.4 Å². The number of nitrogens with zero attached hydrogens (tertiary/aromatic N) is 4. The first-order chi connectivity index (χ1) is 37.2. The van der Waals surface area contributed by atoms with Gasteiger partial charge in [-0.15, -0.1) is 0 Å². The summed E-state index contributed by atoms with van der Waals surface area (Å²) >= 11 is 0. The molecule has 0 bridgehead atoms. The monoisotopic (exact) mass is 1080 g/mol. The Hall–Kier alpha value is -6.40. The number of unbranched alkanes of at least 4 members (excludes halogenated alkanes) is 1. The van der Waals surface area contributed by atoms with Gasteiger partial charge in [0.2, 0.25) is 5.91 Å². The summed E-state index contributed by atoms with van der Waals surface area (Å²) in [6, 6.07) is 29.3. The van der Waals surface area contributed by atoms with Gasteiger partial charge in [-0.05, 0) is 117 Å². The lowest BCUT2D eigenvalue weighted by Crippen LogP contribution is -2.41. The minimum Gasteiger partial charge on any atom is -0.493 e. The second-order valence-corrected chi connectivity index (χ2v) is 24.0. The number of ether oxygens (including phenoxy) is 4. The molecule has 5 aromatic carbocycles. The van der Waals surface area contributed by atoms with E-state index in [0.29, 0.717) is 91.0 Å². The Morgan fingerprint density at radius 1 is 0.662 bits per heavy atom. The van der Waals surface area contributed by atoms with Crippen LogP contribution in [0.2, 0.25) is 0 Å². The molecule has 2 N–H and O–H groups in total. The number of fused-ring (bicyclic) bond motifs is 8. The second kappa shape index (κ2) is 24.9. The summed E-state index contributed by atoms with van der Waals surface area (Å²) in [5.74, 6) is 2.68. The molecule has 77 heavy (non-hydrogen) atoms. The van der Waals surface area contributed by atoms with Gasteiger partial charge < -0.3 is 48.7 Å². The van der Waals surface area contributed by atoms with E-state index in [4.69, 9.17) is 23.8 Å². The second-order valence-electron chi connectivity index (χ2n) is 20.9. The molecule has 5 aromatic rings. The molecule has 0 radical (unpaired) electrons. The summed E-state index contributed by atoms with van der Waals surface area (Å²) in [6.45, 7) is 9.15. The van der Waals surface area contributed by atoms with Gasteiger partial charge in [-0.25, -0.2) is 5.48 Å². The van der Waals surface area contributed by atoms with Crippen molar-refractivity contribution in [3.05, 3.63) is 124 Å². The number of ketones is 1. The standard InChI is InChI=1S/C60H72N6O9S2/c1-8-61-75-24-14-13-18-46(67)19-15-25-76-77-60(2,3)23-22-57(68)62-43-27-39(37-73-55-33-51-47(31-53(55)71-6)58(69)65-44(35-63(51)4)29-41-16-9-11-20-49(41)65)26-40(28-43)38-74-56-34-52-48(32-54(56)72-7)59(70)66-45(36-64(52)5)30-42-17-10-12-21-50(42)66/h9-12,16-17,20-21,26-28,31-34,44-45,61H,8,13-15,18-19,22-25,29-30,35-38H2,1-7H3,(H,62,68)/t44-,45-/m0/s1. The highest BCUT2D eigenvalue weighted by molar-refractivity contribution is 8.77. The van der Waals surface area contributed by atoms with Gasteiger partial charge in [0.25, 0.3) is 11.8 Å². The molecular formula is C60H72N6O9S2. The summed E-state index contributed by atoms with van der Waals surface area (Å²) in [5.41, 5.74) is 11.7. The van der Waals surface area contributed by atoms with Crippen LogP contribution in [0, 0.1) is 0 Å². The van der Waals surface area contributed by atoms with Crippen molar-refractivity contribution in [2.45, 2.75) is 109 Å². The maximum atomic E-state index is 14.3. The van der Waals surface area contributed by atoms with Crippen LogP contribution in [-0.4, -0.2) is 101 Å². The predicted molar refractivity (Wildman–Crippen MR) is 309 cm³/mol. The summed E-state index contributed by atoms with van der Waals surface area (Å²) < 4.78 is 24.8. The van der Waals surface area contributed by atoms with Crippen LogP contribution in [0.25, 0.3) is 0 Å². The van der Waals surface area contributed by atoms with Crippen molar-refractivity contribution in [2.75, 3.05) is 85.2 Å². The number of carbonyl (C=O) groups excluding carboxylic acids is 4. The third-order valence-corrected chi connectivity index (χ3v) is 18.1. The first kappa shape index (κ1) is 55.4. The molecule has 9 rings (SSSR count). The zero-order chi connectivity index (χ0) is 54.2. The molecule has 15 nitrogen and oxygen atoms in total. The Kier molecular flexibility index (Phi) is 17.9. The molecule has 0 spiro atoms. The largest absolute Gasteiger partial charge is 0.493 e. The number of methoxy groups -OCH3 is 2. The number of amides is 3. The molecule has 408 valence electrons. The van der Waals surface area contributed by atoms with Gasteiger partial charge in [0, 0.05) is 92.7 Å². The Bertz CT molecular complexity index is 2810. The molecule has 4 heterocycles. The topological polar surface area (TPSA) is 151 Å². The predicted octanol–water partition coefficient (Wildman–Crippen LogP) is 10.8. The first-order valence-corrected chi connectivity index (χ1v) is 29.1. The number of hydroxylamine groups is 1. The minimum atomic E-state index is -0.189. The summed E-state index contributed by atoms with van der Waals surface area (Å²) in [7, 11) is 10.6. The maximum Gasteiger partial charge on any atom is 0.260 e. The van der Waals surface area contributed by atoms with E-state index in [0.717, 1.165) is 89.4 Å². The van der Waals surface area contributed by atoms with Crippen LogP contribution in [0.4, 0.5) is 28.4 Å². The Balaban J connectivity index is 0.897. The van der Waals surface area contributed by atoms with E-state index in [1.165, 1.54) is 0 Å². The zero-order valence-electron chi connectivity index (χ0n) is 45.4. The third kappa shape index (κ3) is 13.0. The molecule has 2 atom stereocenters. The quantitative estimate of drug-likeness (QED) is 0.0324. The molecule has 4 aliphatic rings. The summed E-state index contributed by atoms with van der Waals surface area (Å²) in [4.78, 5) is 68.2. The number of rotatable bonds is 25. The molecule has 0 saturated carbocycles. The van der Waals surface area contributed by atoms with Gasteiger partial charge in [-0.2, -0.15) is 0 Å². The van der Waals surface area contributed by atoms with Crippen molar-refractivity contribution in [3.63, 3.8) is 0 Å². The van der Waals surface area contributed by atoms with Crippen molar-refractivity contribution in [3.8, 4) is 23.0 Å². The molecule has 0 aromatic heterocycles. The van der Waals surface area contributed by atoms with Gasteiger partial charge in [0.1, 0.15) is 19.0 Å². The average molecular weight is 1090 g/mol. The number of para-hydroxylation sites is 2. The minimum absolute atomic E-state index is 0.0112. The van der Waals surface area contributed by atoms with E-state index < -0.39 is 0 Å². The van der Waals surface area contributed by atoms with Gasteiger partial charge in [-0.3, -0.25) is 19.2 Å². The molecule has 0 saturated heterocycles. The fourth-order valence-electron chi connectivity index (χ4n) is 10.8. The zero-order valence-corrected chi connectivity index (χ0v) is 47.0.